The molecule has 1 N–H and O–H groups in total. The molecule has 0 aliphatic carbocycles. The van der Waals surface area contributed by atoms with Gasteiger partial charge in [0.2, 0.25) is 0 Å². The summed E-state index contributed by atoms with van der Waals surface area (Å²) in [5.74, 6) is 0. The fourth-order valence-electron chi connectivity index (χ4n) is 2.00. The number of hydrogen-bond acceptors (Lipinski definition) is 2. The van der Waals surface area contributed by atoms with Crippen molar-refractivity contribution in [3.8, 4) is 6.07 Å². The molecule has 0 aromatic heterocycles. The van der Waals surface area contributed by atoms with Crippen LogP contribution >= 0.6 is 27.5 Å². The third-order valence-corrected chi connectivity index (χ3v) is 3.81. The van der Waals surface area contributed by atoms with E-state index in [4.69, 9.17) is 16.9 Å². The van der Waals surface area contributed by atoms with Gasteiger partial charge in [0.1, 0.15) is 0 Å². The molecule has 0 bridgehead atoms. The molecule has 20 heavy (non-hydrogen) atoms. The topological polar surface area (TPSA) is 35.8 Å². The van der Waals surface area contributed by atoms with Crippen LogP contribution in [0.2, 0.25) is 5.02 Å². The van der Waals surface area contributed by atoms with Crippen LogP contribution < -0.4 is 5.32 Å². The number of hydrogen-bond donors (Lipinski definition) is 1. The van der Waals surface area contributed by atoms with Crippen molar-refractivity contribution >= 4 is 33.2 Å². The highest BCUT2D eigenvalue weighted by Gasteiger charge is 2.07. The number of benzene rings is 2. The first-order valence-electron chi connectivity index (χ1n) is 6.29. The van der Waals surface area contributed by atoms with Gasteiger partial charge < -0.3 is 5.32 Å². The molecule has 0 aliphatic heterocycles. The lowest BCUT2D eigenvalue weighted by atomic mass is 10.1. The maximum atomic E-state index is 8.92. The van der Waals surface area contributed by atoms with E-state index >= 15 is 0 Å². The van der Waals surface area contributed by atoms with Gasteiger partial charge in [-0.2, -0.15) is 5.26 Å². The number of nitrogens with zero attached hydrogens (tertiary/aromatic N) is 1. The summed E-state index contributed by atoms with van der Waals surface area (Å²) >= 11 is 9.57. The largest absolute Gasteiger partial charge is 0.381 e. The molecule has 0 heterocycles. The van der Waals surface area contributed by atoms with Crippen LogP contribution in [0.3, 0.4) is 0 Å². The molecule has 2 nitrogen and oxygen atoms in total. The Balaban J connectivity index is 2.06. The lowest BCUT2D eigenvalue weighted by molar-refractivity contribution is 0.790. The Morgan fingerprint density at radius 2 is 1.95 bits per heavy atom. The molecule has 0 spiro atoms. The van der Waals surface area contributed by atoms with Crippen LogP contribution in [0, 0.1) is 11.3 Å². The monoisotopic (exact) mass is 348 g/mol. The number of anilines is 1. The van der Waals surface area contributed by atoms with Crippen molar-refractivity contribution in [3.63, 3.8) is 0 Å². The summed E-state index contributed by atoms with van der Waals surface area (Å²) in [7, 11) is 0. The molecule has 0 saturated carbocycles. The Bertz CT molecular complexity index is 632. The van der Waals surface area contributed by atoms with Gasteiger partial charge in [-0.3, -0.25) is 0 Å². The predicted molar refractivity (Wildman–Crippen MR) is 87.1 cm³/mol. The minimum Gasteiger partial charge on any atom is -0.381 e. The van der Waals surface area contributed by atoms with E-state index in [2.05, 4.69) is 46.4 Å². The summed E-state index contributed by atoms with van der Waals surface area (Å²) in [5, 5.41) is 12.9. The number of nitriles is 1. The number of rotatable bonds is 4. The van der Waals surface area contributed by atoms with Gasteiger partial charge in [-0.25, -0.2) is 0 Å². The molecule has 0 amide bonds. The van der Waals surface area contributed by atoms with E-state index in [1.807, 2.05) is 12.1 Å². The van der Waals surface area contributed by atoms with Crippen LogP contribution in [0.25, 0.3) is 0 Å². The first kappa shape index (κ1) is 14.9. The predicted octanol–water partition coefficient (Wildman–Crippen LogP) is 5.02. The third-order valence-electron chi connectivity index (χ3n) is 2.95. The Kier molecular flexibility index (Phi) is 5.05. The van der Waals surface area contributed by atoms with E-state index < -0.39 is 0 Å². The molecule has 0 fully saturated rings. The van der Waals surface area contributed by atoms with E-state index in [0.29, 0.717) is 10.6 Å². The van der Waals surface area contributed by atoms with Gasteiger partial charge in [-0.1, -0.05) is 39.7 Å². The fraction of sp³-hybridized carbons (Fsp3) is 0.188. The highest BCUT2D eigenvalue weighted by atomic mass is 79.9. The minimum atomic E-state index is 0.225. The van der Waals surface area contributed by atoms with E-state index in [9.17, 15) is 0 Å². The zero-order valence-corrected chi connectivity index (χ0v) is 13.4. The summed E-state index contributed by atoms with van der Waals surface area (Å²) in [4.78, 5) is 0. The molecule has 1 unspecified atom stereocenters. The first-order chi connectivity index (χ1) is 9.58. The van der Waals surface area contributed by atoms with Crippen molar-refractivity contribution < 1.29 is 0 Å². The van der Waals surface area contributed by atoms with Crippen molar-refractivity contribution in [3.05, 3.63) is 63.1 Å². The van der Waals surface area contributed by atoms with Crippen molar-refractivity contribution in [2.24, 2.45) is 0 Å². The Morgan fingerprint density at radius 3 is 2.60 bits per heavy atom. The highest BCUT2D eigenvalue weighted by Crippen LogP contribution is 2.24. The molecule has 102 valence electrons. The Hall–Kier alpha value is -1.50. The highest BCUT2D eigenvalue weighted by molar-refractivity contribution is 9.10. The second-order valence-corrected chi connectivity index (χ2v) is 6.01. The van der Waals surface area contributed by atoms with Crippen LogP contribution in [-0.2, 0) is 6.42 Å². The molecule has 0 aliphatic rings. The molecule has 0 radical (unpaired) electrons. The lowest BCUT2D eigenvalue weighted by Crippen LogP contribution is -2.18. The van der Waals surface area contributed by atoms with Crippen molar-refractivity contribution in [2.45, 2.75) is 19.4 Å². The second-order valence-electron chi connectivity index (χ2n) is 4.68. The fourth-order valence-corrected chi connectivity index (χ4v) is 2.43. The molecular formula is C16H14BrClN2. The quantitative estimate of drug-likeness (QED) is 0.841. The molecule has 4 heteroatoms. The number of nitrogens with one attached hydrogen (secondary N) is 1. The van der Waals surface area contributed by atoms with Gasteiger partial charge in [0, 0.05) is 10.5 Å². The standard InChI is InChI=1S/C16H14BrClN2/c1-11(8-12-2-5-14(17)6-3-12)20-16-9-13(10-19)4-7-15(16)18/h2-7,9,11,20H,8H2,1H3. The third kappa shape index (κ3) is 4.00. The smallest absolute Gasteiger partial charge is 0.0992 e. The minimum absolute atomic E-state index is 0.225. The second kappa shape index (κ2) is 6.78. The van der Waals surface area contributed by atoms with Crippen LogP contribution in [0.5, 0.6) is 0 Å². The molecule has 2 rings (SSSR count). The van der Waals surface area contributed by atoms with E-state index in [1.165, 1.54) is 5.56 Å². The summed E-state index contributed by atoms with van der Waals surface area (Å²) in [5.41, 5.74) is 2.66. The van der Waals surface area contributed by atoms with Gasteiger partial charge in [0.15, 0.2) is 0 Å². The van der Waals surface area contributed by atoms with E-state index in [1.54, 1.807) is 18.2 Å². The Labute approximate surface area is 132 Å². The van der Waals surface area contributed by atoms with Gasteiger partial charge in [0.05, 0.1) is 22.3 Å². The Morgan fingerprint density at radius 1 is 1.25 bits per heavy atom. The normalized spacial score (nSPS) is 11.7. The SMILES string of the molecule is CC(Cc1ccc(Br)cc1)Nc1cc(C#N)ccc1Cl. The van der Waals surface area contributed by atoms with Gasteiger partial charge in [0.25, 0.3) is 0 Å². The summed E-state index contributed by atoms with van der Waals surface area (Å²) in [6.07, 6.45) is 0.889. The van der Waals surface area contributed by atoms with E-state index in [0.717, 1.165) is 16.6 Å². The van der Waals surface area contributed by atoms with Gasteiger partial charge in [-0.15, -0.1) is 0 Å². The average Bonchev–Trinajstić information content (AvgIpc) is 2.44. The lowest BCUT2D eigenvalue weighted by Gasteiger charge is -2.16. The molecule has 0 saturated heterocycles. The van der Waals surface area contributed by atoms with Crippen LogP contribution in [0.15, 0.2) is 46.9 Å². The first-order valence-corrected chi connectivity index (χ1v) is 7.46. The molecule has 1 atom stereocenters. The average molecular weight is 350 g/mol. The van der Waals surface area contributed by atoms with Gasteiger partial charge in [-0.05, 0) is 49.2 Å². The molecular weight excluding hydrogens is 336 g/mol. The molecule has 2 aromatic carbocycles. The van der Waals surface area contributed by atoms with Gasteiger partial charge >= 0.3 is 0 Å². The van der Waals surface area contributed by atoms with E-state index in [-0.39, 0.29) is 6.04 Å². The summed E-state index contributed by atoms with van der Waals surface area (Å²) in [6.45, 7) is 2.09. The van der Waals surface area contributed by atoms with Crippen LogP contribution in [0.1, 0.15) is 18.1 Å². The zero-order chi connectivity index (χ0) is 14.5. The van der Waals surface area contributed by atoms with Crippen molar-refractivity contribution in [2.75, 3.05) is 5.32 Å². The summed E-state index contributed by atoms with van der Waals surface area (Å²) in [6, 6.07) is 15.8. The van der Waals surface area contributed by atoms with Crippen molar-refractivity contribution in [1.29, 1.82) is 5.26 Å². The maximum absolute atomic E-state index is 8.92. The van der Waals surface area contributed by atoms with Crippen LogP contribution in [-0.4, -0.2) is 6.04 Å². The molecule has 2 aromatic rings. The zero-order valence-electron chi connectivity index (χ0n) is 11.0. The number of halogens is 2. The maximum Gasteiger partial charge on any atom is 0.0992 e. The summed E-state index contributed by atoms with van der Waals surface area (Å²) < 4.78 is 1.08. The van der Waals surface area contributed by atoms with Crippen LogP contribution in [0.4, 0.5) is 5.69 Å². The van der Waals surface area contributed by atoms with Crippen molar-refractivity contribution in [1.82, 2.24) is 0 Å².